The highest BCUT2D eigenvalue weighted by molar-refractivity contribution is 5.42. The highest BCUT2D eigenvalue weighted by Crippen LogP contribution is 2.19. The molecule has 0 aliphatic heterocycles. The monoisotopic (exact) mass is 267 g/mol. The van der Waals surface area contributed by atoms with Gasteiger partial charge < -0.3 is 10.5 Å². The number of benzene rings is 1. The van der Waals surface area contributed by atoms with E-state index in [0.717, 1.165) is 12.8 Å². The van der Waals surface area contributed by atoms with Crippen LogP contribution in [0.5, 0.6) is 5.75 Å². The number of rotatable bonds is 10. The maximum absolute atomic E-state index is 13.4. The average Bonchev–Trinajstić information content (AvgIpc) is 2.39. The van der Waals surface area contributed by atoms with Crippen LogP contribution in [0.1, 0.15) is 58.3 Å². The largest absolute Gasteiger partial charge is 0.491 e. The van der Waals surface area contributed by atoms with E-state index in [0.29, 0.717) is 18.0 Å². The van der Waals surface area contributed by atoms with Crippen molar-refractivity contribution in [1.29, 1.82) is 0 Å². The Morgan fingerprint density at radius 3 is 2.26 bits per heavy atom. The van der Waals surface area contributed by atoms with E-state index >= 15 is 0 Å². The van der Waals surface area contributed by atoms with Crippen LogP contribution in [0.3, 0.4) is 0 Å². The van der Waals surface area contributed by atoms with Crippen LogP contribution in [0, 0.1) is 5.82 Å². The second kappa shape index (κ2) is 9.65. The first-order valence-electron chi connectivity index (χ1n) is 7.42. The van der Waals surface area contributed by atoms with Crippen molar-refractivity contribution in [2.75, 3.05) is 12.3 Å². The molecule has 108 valence electrons. The van der Waals surface area contributed by atoms with E-state index in [1.54, 1.807) is 12.1 Å². The Morgan fingerprint density at radius 2 is 1.63 bits per heavy atom. The van der Waals surface area contributed by atoms with Gasteiger partial charge in [0.25, 0.3) is 0 Å². The Morgan fingerprint density at radius 1 is 1.00 bits per heavy atom. The summed E-state index contributed by atoms with van der Waals surface area (Å²) in [5, 5.41) is 0. The number of nitrogen functional groups attached to an aromatic ring is 1. The summed E-state index contributed by atoms with van der Waals surface area (Å²) in [4.78, 5) is 0. The van der Waals surface area contributed by atoms with E-state index < -0.39 is 0 Å². The van der Waals surface area contributed by atoms with E-state index in [9.17, 15) is 4.39 Å². The zero-order valence-electron chi connectivity index (χ0n) is 12.0. The van der Waals surface area contributed by atoms with Gasteiger partial charge in [-0.2, -0.15) is 0 Å². The van der Waals surface area contributed by atoms with E-state index in [2.05, 4.69) is 6.92 Å². The Labute approximate surface area is 116 Å². The molecule has 0 saturated carbocycles. The molecule has 3 heteroatoms. The van der Waals surface area contributed by atoms with Gasteiger partial charge in [-0.3, -0.25) is 0 Å². The maximum atomic E-state index is 13.4. The molecule has 1 rings (SSSR count). The number of nitrogens with two attached hydrogens (primary N) is 1. The summed E-state index contributed by atoms with van der Waals surface area (Å²) < 4.78 is 18.8. The van der Waals surface area contributed by atoms with E-state index in [1.807, 2.05) is 0 Å². The van der Waals surface area contributed by atoms with Gasteiger partial charge in [0.2, 0.25) is 0 Å². The van der Waals surface area contributed by atoms with E-state index in [-0.39, 0.29) is 5.82 Å². The molecule has 1 aromatic carbocycles. The fourth-order valence-corrected chi connectivity index (χ4v) is 2.05. The number of unbranched alkanes of at least 4 members (excludes halogenated alkanes) is 7. The molecule has 2 nitrogen and oxygen atoms in total. The highest BCUT2D eigenvalue weighted by Gasteiger charge is 2.02. The Bertz CT molecular complexity index is 355. The van der Waals surface area contributed by atoms with Crippen LogP contribution < -0.4 is 10.5 Å². The number of ether oxygens (including phenoxy) is 1. The summed E-state index contributed by atoms with van der Waals surface area (Å²) in [5.41, 5.74) is 5.90. The van der Waals surface area contributed by atoms with Gasteiger partial charge >= 0.3 is 0 Å². The van der Waals surface area contributed by atoms with Gasteiger partial charge in [-0.1, -0.05) is 51.9 Å². The fourth-order valence-electron chi connectivity index (χ4n) is 2.05. The molecule has 0 aromatic heterocycles. The van der Waals surface area contributed by atoms with Crippen molar-refractivity contribution in [2.45, 2.75) is 58.3 Å². The lowest BCUT2D eigenvalue weighted by Gasteiger charge is -2.07. The van der Waals surface area contributed by atoms with E-state index in [1.165, 1.54) is 44.6 Å². The molecule has 2 N–H and O–H groups in total. The minimum absolute atomic E-state index is 0.303. The summed E-state index contributed by atoms with van der Waals surface area (Å²) >= 11 is 0. The molecule has 0 spiro atoms. The number of hydrogen-bond acceptors (Lipinski definition) is 2. The molecular formula is C16H26FNO. The predicted molar refractivity (Wildman–Crippen MR) is 78.9 cm³/mol. The maximum Gasteiger partial charge on any atom is 0.167 e. The second-order valence-electron chi connectivity index (χ2n) is 5.01. The second-order valence-corrected chi connectivity index (χ2v) is 5.01. The first-order valence-corrected chi connectivity index (χ1v) is 7.42. The molecule has 0 bridgehead atoms. The molecule has 0 heterocycles. The highest BCUT2D eigenvalue weighted by atomic mass is 19.1. The third kappa shape index (κ3) is 7.04. The quantitative estimate of drug-likeness (QED) is 0.482. The van der Waals surface area contributed by atoms with Crippen LogP contribution in [-0.2, 0) is 0 Å². The smallest absolute Gasteiger partial charge is 0.167 e. The third-order valence-corrected chi connectivity index (χ3v) is 3.21. The molecular weight excluding hydrogens is 241 g/mol. The average molecular weight is 267 g/mol. The zero-order valence-corrected chi connectivity index (χ0v) is 12.0. The molecule has 0 unspecified atom stereocenters. The molecule has 19 heavy (non-hydrogen) atoms. The number of anilines is 1. The zero-order chi connectivity index (χ0) is 13.9. The van der Waals surface area contributed by atoms with Crippen molar-refractivity contribution in [3.8, 4) is 5.75 Å². The standard InChI is InChI=1S/C16H26FNO/c1-2-3-4-5-6-7-8-9-12-19-16-11-10-14(18)13-15(16)17/h10-11,13H,2-9,12,18H2,1H3. The molecule has 0 fully saturated rings. The fraction of sp³-hybridized carbons (Fsp3) is 0.625. The van der Waals surface area contributed by atoms with Crippen molar-refractivity contribution < 1.29 is 9.13 Å². The van der Waals surface area contributed by atoms with Crippen LogP contribution >= 0.6 is 0 Å². The van der Waals surface area contributed by atoms with Crippen LogP contribution in [0.15, 0.2) is 18.2 Å². The van der Waals surface area contributed by atoms with Gasteiger partial charge in [-0.05, 0) is 18.6 Å². The van der Waals surface area contributed by atoms with Gasteiger partial charge in [-0.25, -0.2) is 4.39 Å². The lowest BCUT2D eigenvalue weighted by atomic mass is 10.1. The lowest BCUT2D eigenvalue weighted by molar-refractivity contribution is 0.290. The first-order chi connectivity index (χ1) is 9.24. The van der Waals surface area contributed by atoms with Crippen molar-refractivity contribution in [2.24, 2.45) is 0 Å². The minimum atomic E-state index is -0.375. The van der Waals surface area contributed by atoms with Gasteiger partial charge in [0.05, 0.1) is 6.61 Å². The topological polar surface area (TPSA) is 35.2 Å². The molecule has 0 aliphatic rings. The Balaban J connectivity index is 2.01. The third-order valence-electron chi connectivity index (χ3n) is 3.21. The van der Waals surface area contributed by atoms with Crippen LogP contribution in [-0.4, -0.2) is 6.61 Å². The van der Waals surface area contributed by atoms with Crippen molar-refractivity contribution in [1.82, 2.24) is 0 Å². The normalized spacial score (nSPS) is 10.6. The summed E-state index contributed by atoms with van der Waals surface area (Å²) in [6, 6.07) is 4.55. The van der Waals surface area contributed by atoms with Gasteiger partial charge in [0.1, 0.15) is 0 Å². The molecule has 0 radical (unpaired) electrons. The Hall–Kier alpha value is -1.25. The molecule has 0 atom stereocenters. The summed E-state index contributed by atoms with van der Waals surface area (Å²) in [5.74, 6) is -0.0725. The summed E-state index contributed by atoms with van der Waals surface area (Å²) in [6.07, 6.45) is 10.0. The van der Waals surface area contributed by atoms with Crippen molar-refractivity contribution in [3.05, 3.63) is 24.0 Å². The molecule has 0 aliphatic carbocycles. The van der Waals surface area contributed by atoms with Crippen LogP contribution in [0.25, 0.3) is 0 Å². The summed E-state index contributed by atoms with van der Waals surface area (Å²) in [7, 11) is 0. The Kier molecular flexibility index (Phi) is 8.03. The number of hydrogen-bond donors (Lipinski definition) is 1. The molecule has 0 saturated heterocycles. The summed E-state index contributed by atoms with van der Waals surface area (Å²) in [6.45, 7) is 2.81. The van der Waals surface area contributed by atoms with E-state index in [4.69, 9.17) is 10.5 Å². The van der Waals surface area contributed by atoms with Gasteiger partial charge in [0.15, 0.2) is 11.6 Å². The molecule has 1 aromatic rings. The van der Waals surface area contributed by atoms with Gasteiger partial charge in [0, 0.05) is 11.8 Å². The first kappa shape index (κ1) is 15.8. The minimum Gasteiger partial charge on any atom is -0.491 e. The SMILES string of the molecule is CCCCCCCCCCOc1ccc(N)cc1F. The van der Waals surface area contributed by atoms with Gasteiger partial charge in [-0.15, -0.1) is 0 Å². The predicted octanol–water partition coefficient (Wildman–Crippen LogP) is 4.93. The van der Waals surface area contributed by atoms with Crippen LogP contribution in [0.4, 0.5) is 10.1 Å². The van der Waals surface area contributed by atoms with Crippen molar-refractivity contribution in [3.63, 3.8) is 0 Å². The number of halogens is 1. The van der Waals surface area contributed by atoms with Crippen LogP contribution in [0.2, 0.25) is 0 Å². The van der Waals surface area contributed by atoms with Crippen molar-refractivity contribution >= 4 is 5.69 Å². The lowest BCUT2D eigenvalue weighted by Crippen LogP contribution is -2.00. The molecule has 0 amide bonds.